The lowest BCUT2D eigenvalue weighted by Gasteiger charge is -2.05. The van der Waals surface area contributed by atoms with Crippen molar-refractivity contribution in [3.63, 3.8) is 0 Å². The largest absolute Gasteiger partial charge is 0.355 e. The first kappa shape index (κ1) is 18.9. The first-order chi connectivity index (χ1) is 9.41. The third-order valence-corrected chi connectivity index (χ3v) is 3.15. The molecular formula is C16H31ClO2. The van der Waals surface area contributed by atoms with Gasteiger partial charge in [-0.1, -0.05) is 57.6 Å². The zero-order chi connectivity index (χ0) is 14.0. The third kappa shape index (κ3) is 17.9. The molecule has 0 N–H and O–H groups in total. The minimum atomic E-state index is 0.430. The highest BCUT2D eigenvalue weighted by molar-refractivity contribution is 6.17. The number of hydrogen-bond acceptors (Lipinski definition) is 2. The molecule has 0 unspecified atom stereocenters. The van der Waals surface area contributed by atoms with Crippen molar-refractivity contribution in [3.8, 4) is 0 Å². The molecule has 0 saturated heterocycles. The number of allylic oxidation sites excluding steroid dienone is 1. The Labute approximate surface area is 124 Å². The minimum Gasteiger partial charge on any atom is -0.355 e. The Morgan fingerprint density at radius 3 is 2.16 bits per heavy atom. The average Bonchev–Trinajstić information content (AvgIpc) is 2.43. The topological polar surface area (TPSA) is 18.5 Å². The van der Waals surface area contributed by atoms with Crippen molar-refractivity contribution in [2.24, 2.45) is 0 Å². The summed E-state index contributed by atoms with van der Waals surface area (Å²) in [5.74, 6) is 0.693. The van der Waals surface area contributed by atoms with E-state index in [2.05, 4.69) is 19.1 Å². The van der Waals surface area contributed by atoms with Gasteiger partial charge in [0.15, 0.2) is 0 Å². The SMILES string of the molecule is CCCCCCCCCOCOCCC=CCCCl. The van der Waals surface area contributed by atoms with Crippen LogP contribution in [0.5, 0.6) is 0 Å². The van der Waals surface area contributed by atoms with Gasteiger partial charge >= 0.3 is 0 Å². The highest BCUT2D eigenvalue weighted by Gasteiger charge is 1.92. The molecule has 0 rings (SSSR count). The highest BCUT2D eigenvalue weighted by atomic mass is 35.5. The molecule has 3 heteroatoms. The Morgan fingerprint density at radius 2 is 1.42 bits per heavy atom. The summed E-state index contributed by atoms with van der Waals surface area (Å²) in [6.07, 6.45) is 15.3. The standard InChI is InChI=1S/C16H31ClO2/c1-2-3-4-5-6-8-11-14-18-16-19-15-12-9-7-10-13-17/h7,9H,2-6,8,10-16H2,1H3. The van der Waals surface area contributed by atoms with Crippen LogP contribution in [0.25, 0.3) is 0 Å². The molecular weight excluding hydrogens is 260 g/mol. The van der Waals surface area contributed by atoms with E-state index >= 15 is 0 Å². The Hall–Kier alpha value is -0.0500. The van der Waals surface area contributed by atoms with Gasteiger partial charge in [0.2, 0.25) is 0 Å². The zero-order valence-electron chi connectivity index (χ0n) is 12.5. The van der Waals surface area contributed by atoms with Gasteiger partial charge in [-0.05, 0) is 19.3 Å². The predicted octanol–water partition coefficient (Wildman–Crippen LogP) is 5.30. The van der Waals surface area contributed by atoms with Crippen molar-refractivity contribution in [1.82, 2.24) is 0 Å². The highest BCUT2D eigenvalue weighted by Crippen LogP contribution is 2.06. The zero-order valence-corrected chi connectivity index (χ0v) is 13.3. The summed E-state index contributed by atoms with van der Waals surface area (Å²) in [4.78, 5) is 0. The monoisotopic (exact) mass is 290 g/mol. The molecule has 0 aliphatic rings. The van der Waals surface area contributed by atoms with Gasteiger partial charge in [0, 0.05) is 12.5 Å². The van der Waals surface area contributed by atoms with E-state index in [1.165, 1.54) is 38.5 Å². The fraction of sp³-hybridized carbons (Fsp3) is 0.875. The number of ether oxygens (including phenoxy) is 2. The Morgan fingerprint density at radius 1 is 0.789 bits per heavy atom. The first-order valence-electron chi connectivity index (χ1n) is 7.78. The Kier molecular flexibility index (Phi) is 17.9. The van der Waals surface area contributed by atoms with Crippen LogP contribution in [0.1, 0.15) is 64.7 Å². The van der Waals surface area contributed by atoms with Crippen LogP contribution < -0.4 is 0 Å². The third-order valence-electron chi connectivity index (χ3n) is 2.93. The molecule has 0 aliphatic heterocycles. The maximum atomic E-state index is 5.56. The maximum absolute atomic E-state index is 5.56. The summed E-state index contributed by atoms with van der Waals surface area (Å²) >= 11 is 5.56. The van der Waals surface area contributed by atoms with Crippen LogP contribution in [0.4, 0.5) is 0 Å². The van der Waals surface area contributed by atoms with Crippen LogP contribution in [-0.4, -0.2) is 25.9 Å². The van der Waals surface area contributed by atoms with E-state index in [1.807, 2.05) is 0 Å². The van der Waals surface area contributed by atoms with Crippen LogP contribution >= 0.6 is 11.6 Å². The summed E-state index contributed by atoms with van der Waals surface area (Å²) in [5.41, 5.74) is 0. The second kappa shape index (κ2) is 17.9. The molecule has 0 spiro atoms. The van der Waals surface area contributed by atoms with Gasteiger partial charge in [-0.15, -0.1) is 11.6 Å². The van der Waals surface area contributed by atoms with E-state index in [1.54, 1.807) is 0 Å². The maximum Gasteiger partial charge on any atom is 0.146 e. The van der Waals surface area contributed by atoms with Crippen molar-refractivity contribution < 1.29 is 9.47 Å². The molecule has 0 aromatic rings. The van der Waals surface area contributed by atoms with Crippen LogP contribution in [-0.2, 0) is 9.47 Å². The summed E-state index contributed by atoms with van der Waals surface area (Å²) in [6, 6.07) is 0. The van der Waals surface area contributed by atoms with Gasteiger partial charge in [-0.3, -0.25) is 0 Å². The van der Waals surface area contributed by atoms with E-state index in [4.69, 9.17) is 21.1 Å². The normalized spacial score (nSPS) is 11.5. The second-order valence-electron chi connectivity index (χ2n) is 4.79. The smallest absolute Gasteiger partial charge is 0.146 e. The molecule has 0 radical (unpaired) electrons. The number of alkyl halides is 1. The van der Waals surface area contributed by atoms with Gasteiger partial charge in [-0.2, -0.15) is 0 Å². The van der Waals surface area contributed by atoms with Crippen LogP contribution in [0.2, 0.25) is 0 Å². The van der Waals surface area contributed by atoms with E-state index < -0.39 is 0 Å². The Balaban J connectivity index is 2.95. The molecule has 19 heavy (non-hydrogen) atoms. The molecule has 114 valence electrons. The lowest BCUT2D eigenvalue weighted by molar-refractivity contribution is -0.0531. The Bertz CT molecular complexity index is 184. The molecule has 0 atom stereocenters. The molecule has 0 aromatic carbocycles. The predicted molar refractivity (Wildman–Crippen MR) is 83.9 cm³/mol. The average molecular weight is 291 g/mol. The lowest BCUT2D eigenvalue weighted by Crippen LogP contribution is -2.02. The van der Waals surface area contributed by atoms with Crippen LogP contribution in [0.3, 0.4) is 0 Å². The van der Waals surface area contributed by atoms with Crippen LogP contribution in [0.15, 0.2) is 12.2 Å². The van der Waals surface area contributed by atoms with Crippen molar-refractivity contribution in [3.05, 3.63) is 12.2 Å². The number of unbranched alkanes of at least 4 members (excludes halogenated alkanes) is 6. The molecule has 0 saturated carbocycles. The fourth-order valence-electron chi connectivity index (χ4n) is 1.79. The molecule has 0 aromatic heterocycles. The van der Waals surface area contributed by atoms with Gasteiger partial charge in [-0.25, -0.2) is 0 Å². The molecule has 0 heterocycles. The molecule has 0 fully saturated rings. The van der Waals surface area contributed by atoms with Gasteiger partial charge in [0.25, 0.3) is 0 Å². The number of rotatable bonds is 15. The van der Waals surface area contributed by atoms with Crippen molar-refractivity contribution in [2.75, 3.05) is 25.9 Å². The van der Waals surface area contributed by atoms with E-state index in [9.17, 15) is 0 Å². The van der Waals surface area contributed by atoms with Crippen molar-refractivity contribution >= 4 is 11.6 Å². The van der Waals surface area contributed by atoms with Gasteiger partial charge < -0.3 is 9.47 Å². The molecule has 0 aliphatic carbocycles. The van der Waals surface area contributed by atoms with E-state index in [-0.39, 0.29) is 0 Å². The molecule has 0 bridgehead atoms. The second-order valence-corrected chi connectivity index (χ2v) is 5.17. The molecule has 2 nitrogen and oxygen atoms in total. The van der Waals surface area contributed by atoms with E-state index in [0.717, 1.165) is 32.5 Å². The number of halogens is 1. The van der Waals surface area contributed by atoms with Gasteiger partial charge in [0.1, 0.15) is 6.79 Å². The van der Waals surface area contributed by atoms with Gasteiger partial charge in [0.05, 0.1) is 6.61 Å². The summed E-state index contributed by atoms with van der Waals surface area (Å²) in [5, 5.41) is 0. The summed E-state index contributed by atoms with van der Waals surface area (Å²) in [7, 11) is 0. The number of hydrogen-bond donors (Lipinski definition) is 0. The van der Waals surface area contributed by atoms with Crippen molar-refractivity contribution in [1.29, 1.82) is 0 Å². The molecule has 0 amide bonds. The van der Waals surface area contributed by atoms with Crippen molar-refractivity contribution in [2.45, 2.75) is 64.7 Å². The summed E-state index contributed by atoms with van der Waals surface area (Å²) in [6.45, 7) is 4.24. The summed E-state index contributed by atoms with van der Waals surface area (Å²) < 4.78 is 10.8. The lowest BCUT2D eigenvalue weighted by atomic mass is 10.1. The van der Waals surface area contributed by atoms with Crippen LogP contribution in [0, 0.1) is 0 Å². The first-order valence-corrected chi connectivity index (χ1v) is 8.31. The quantitative estimate of drug-likeness (QED) is 0.176. The minimum absolute atomic E-state index is 0.430. The fourth-order valence-corrected chi connectivity index (χ4v) is 1.91. The van der Waals surface area contributed by atoms with E-state index in [0.29, 0.717) is 12.7 Å².